The highest BCUT2D eigenvalue weighted by Crippen LogP contribution is 2.17. The van der Waals surface area contributed by atoms with Crippen molar-refractivity contribution in [2.24, 2.45) is 9.98 Å². The van der Waals surface area contributed by atoms with Gasteiger partial charge >= 0.3 is 0 Å². The Labute approximate surface area is 143 Å². The first-order chi connectivity index (χ1) is 11.1. The zero-order chi connectivity index (χ0) is 16.7. The predicted molar refractivity (Wildman–Crippen MR) is 94.2 cm³/mol. The van der Waals surface area contributed by atoms with Crippen LogP contribution in [-0.2, 0) is 9.47 Å². The van der Waals surface area contributed by atoms with Crippen LogP contribution in [0.3, 0.4) is 0 Å². The van der Waals surface area contributed by atoms with Crippen molar-refractivity contribution in [1.29, 1.82) is 0 Å². The van der Waals surface area contributed by atoms with Crippen molar-refractivity contribution in [1.82, 2.24) is 9.80 Å². The molecule has 0 aromatic carbocycles. The van der Waals surface area contributed by atoms with Gasteiger partial charge in [0.2, 0.25) is 5.29 Å². The highest BCUT2D eigenvalue weighted by atomic mass is 35.5. The van der Waals surface area contributed by atoms with Gasteiger partial charge in [0.1, 0.15) is 11.7 Å². The van der Waals surface area contributed by atoms with Crippen LogP contribution in [0.4, 0.5) is 0 Å². The summed E-state index contributed by atoms with van der Waals surface area (Å²) in [6, 6.07) is 0. The summed E-state index contributed by atoms with van der Waals surface area (Å²) < 4.78 is 10.8. The number of rotatable bonds is 3. The molecular weight excluding hydrogens is 316 g/mol. The Morgan fingerprint density at radius 3 is 1.96 bits per heavy atom. The van der Waals surface area contributed by atoms with E-state index in [-0.39, 0.29) is 5.29 Å². The number of halogens is 1. The molecule has 2 aliphatic rings. The average Bonchev–Trinajstić information content (AvgIpc) is 2.60. The second-order valence-electron chi connectivity index (χ2n) is 5.70. The number of ether oxygens (including phenoxy) is 2. The normalized spacial score (nSPS) is 22.3. The summed E-state index contributed by atoms with van der Waals surface area (Å²) in [5, 5.41) is 0.281. The molecule has 7 heteroatoms. The predicted octanol–water partition coefficient (Wildman–Crippen LogP) is 2.31. The Bertz CT molecular complexity index is 478. The zero-order valence-electron chi connectivity index (χ0n) is 14.3. The molecule has 0 spiro atoms. The molecule has 2 saturated heterocycles. The summed E-state index contributed by atoms with van der Waals surface area (Å²) >= 11 is 6.32. The first-order valence-electron chi connectivity index (χ1n) is 8.26. The Morgan fingerprint density at radius 1 is 0.913 bits per heavy atom. The van der Waals surface area contributed by atoms with E-state index in [1.54, 1.807) is 0 Å². The van der Waals surface area contributed by atoms with Crippen LogP contribution in [0.2, 0.25) is 0 Å². The van der Waals surface area contributed by atoms with E-state index in [4.69, 9.17) is 21.1 Å². The maximum absolute atomic E-state index is 6.32. The number of nitrogens with zero attached hydrogens (tertiary/aromatic N) is 4. The molecule has 0 unspecified atom stereocenters. The highest BCUT2D eigenvalue weighted by molar-refractivity contribution is 6.65. The summed E-state index contributed by atoms with van der Waals surface area (Å²) in [6.45, 7) is 12.5. The molecule has 2 heterocycles. The van der Waals surface area contributed by atoms with Crippen LogP contribution in [0.5, 0.6) is 0 Å². The lowest BCUT2D eigenvalue weighted by molar-refractivity contribution is 0.0526. The lowest BCUT2D eigenvalue weighted by Gasteiger charge is -2.30. The minimum atomic E-state index is 0.281. The SMILES string of the molecule is CCC(C)=C(N=C(Cl)N=C(C)N1CCOCC1)N1CCOCC1. The molecule has 2 rings (SSSR count). The molecule has 2 fully saturated rings. The van der Waals surface area contributed by atoms with E-state index in [1.165, 1.54) is 5.57 Å². The smallest absolute Gasteiger partial charge is 0.225 e. The van der Waals surface area contributed by atoms with Gasteiger partial charge in [-0.3, -0.25) is 0 Å². The van der Waals surface area contributed by atoms with Crippen LogP contribution in [0.1, 0.15) is 27.2 Å². The van der Waals surface area contributed by atoms with Gasteiger partial charge in [0, 0.05) is 26.2 Å². The summed E-state index contributed by atoms with van der Waals surface area (Å²) in [7, 11) is 0. The number of amidine groups is 2. The maximum Gasteiger partial charge on any atom is 0.225 e. The molecule has 0 aromatic rings. The molecule has 6 nitrogen and oxygen atoms in total. The first-order valence-corrected chi connectivity index (χ1v) is 8.64. The third-order valence-corrected chi connectivity index (χ3v) is 4.31. The largest absolute Gasteiger partial charge is 0.378 e. The lowest BCUT2D eigenvalue weighted by Crippen LogP contribution is -2.39. The number of allylic oxidation sites excluding steroid dienone is 1. The number of hydrogen-bond acceptors (Lipinski definition) is 4. The van der Waals surface area contributed by atoms with Gasteiger partial charge in [-0.05, 0) is 37.4 Å². The van der Waals surface area contributed by atoms with Crippen LogP contribution in [0.25, 0.3) is 0 Å². The molecule has 0 N–H and O–H groups in total. The quantitative estimate of drug-likeness (QED) is 0.448. The van der Waals surface area contributed by atoms with Crippen molar-refractivity contribution in [3.05, 3.63) is 11.4 Å². The van der Waals surface area contributed by atoms with Gasteiger partial charge in [0.25, 0.3) is 0 Å². The monoisotopic (exact) mass is 342 g/mol. The van der Waals surface area contributed by atoms with E-state index in [0.717, 1.165) is 70.7 Å². The van der Waals surface area contributed by atoms with Gasteiger partial charge in [-0.1, -0.05) is 6.92 Å². The average molecular weight is 343 g/mol. The van der Waals surface area contributed by atoms with Gasteiger partial charge in [0.15, 0.2) is 0 Å². The van der Waals surface area contributed by atoms with Crippen molar-refractivity contribution in [2.75, 3.05) is 52.6 Å². The lowest BCUT2D eigenvalue weighted by atomic mass is 10.2. The van der Waals surface area contributed by atoms with Crippen LogP contribution in [0.15, 0.2) is 21.4 Å². The molecule has 23 heavy (non-hydrogen) atoms. The minimum absolute atomic E-state index is 0.281. The number of hydrogen-bond donors (Lipinski definition) is 0. The van der Waals surface area contributed by atoms with E-state index >= 15 is 0 Å². The summed E-state index contributed by atoms with van der Waals surface area (Å²) in [6.07, 6.45) is 0.937. The fourth-order valence-corrected chi connectivity index (χ4v) is 2.78. The van der Waals surface area contributed by atoms with Crippen molar-refractivity contribution >= 4 is 22.7 Å². The third-order valence-electron chi connectivity index (χ3n) is 4.14. The van der Waals surface area contributed by atoms with Crippen molar-refractivity contribution in [2.45, 2.75) is 27.2 Å². The Kier molecular flexibility index (Phi) is 7.33. The third kappa shape index (κ3) is 5.48. The van der Waals surface area contributed by atoms with Gasteiger partial charge in [-0.25, -0.2) is 9.98 Å². The van der Waals surface area contributed by atoms with Crippen LogP contribution < -0.4 is 0 Å². The molecule has 0 radical (unpaired) electrons. The van der Waals surface area contributed by atoms with Crippen molar-refractivity contribution < 1.29 is 9.47 Å². The van der Waals surface area contributed by atoms with E-state index in [2.05, 4.69) is 33.6 Å². The Morgan fingerprint density at radius 2 is 1.43 bits per heavy atom. The van der Waals surface area contributed by atoms with E-state index in [0.29, 0.717) is 0 Å². The minimum Gasteiger partial charge on any atom is -0.378 e. The summed E-state index contributed by atoms with van der Waals surface area (Å²) in [4.78, 5) is 13.5. The van der Waals surface area contributed by atoms with Crippen LogP contribution in [0, 0.1) is 0 Å². The van der Waals surface area contributed by atoms with Gasteiger partial charge in [0.05, 0.1) is 26.4 Å². The second-order valence-corrected chi connectivity index (χ2v) is 6.03. The molecule has 2 aliphatic heterocycles. The van der Waals surface area contributed by atoms with Gasteiger partial charge in [-0.15, -0.1) is 0 Å². The van der Waals surface area contributed by atoms with E-state index in [1.807, 2.05) is 6.92 Å². The molecule has 0 aromatic heterocycles. The fourth-order valence-electron chi connectivity index (χ4n) is 2.57. The molecule has 0 atom stereocenters. The Balaban J connectivity index is 2.13. The zero-order valence-corrected chi connectivity index (χ0v) is 15.1. The molecular formula is C16H27ClN4O2. The molecule has 0 aliphatic carbocycles. The van der Waals surface area contributed by atoms with Gasteiger partial charge < -0.3 is 19.3 Å². The topological polar surface area (TPSA) is 49.7 Å². The van der Waals surface area contributed by atoms with E-state index in [9.17, 15) is 0 Å². The molecule has 0 saturated carbocycles. The van der Waals surface area contributed by atoms with E-state index < -0.39 is 0 Å². The van der Waals surface area contributed by atoms with Crippen molar-refractivity contribution in [3.63, 3.8) is 0 Å². The number of morpholine rings is 2. The molecule has 130 valence electrons. The standard InChI is InChI=1S/C16H27ClN4O2/c1-4-13(2)15(21-7-11-23-12-8-21)19-16(17)18-14(3)20-5-9-22-10-6-20/h4-12H2,1-3H3. The second kappa shape index (κ2) is 9.25. The fraction of sp³-hybridized carbons (Fsp3) is 0.750. The van der Waals surface area contributed by atoms with Crippen molar-refractivity contribution in [3.8, 4) is 0 Å². The van der Waals surface area contributed by atoms with Crippen LogP contribution >= 0.6 is 11.6 Å². The molecule has 0 amide bonds. The Hall–Kier alpha value is -1.11. The summed E-state index contributed by atoms with van der Waals surface area (Å²) in [5.74, 6) is 1.82. The van der Waals surface area contributed by atoms with Crippen LogP contribution in [-0.4, -0.2) is 73.5 Å². The first kappa shape index (κ1) is 18.2. The maximum atomic E-state index is 6.32. The summed E-state index contributed by atoms with van der Waals surface area (Å²) in [5.41, 5.74) is 1.21. The van der Waals surface area contributed by atoms with Gasteiger partial charge in [-0.2, -0.15) is 0 Å². The number of aliphatic imine (C=N–C) groups is 2. The highest BCUT2D eigenvalue weighted by Gasteiger charge is 2.16. The molecule has 0 bridgehead atoms.